The average Bonchev–Trinajstić information content (AvgIpc) is 2.77. The van der Waals surface area contributed by atoms with Gasteiger partial charge in [0.05, 0.1) is 16.5 Å². The second-order valence-electron chi connectivity index (χ2n) is 6.85. The molecular formula is C21H24N4O3S. The number of urea groups is 1. The van der Waals surface area contributed by atoms with Gasteiger partial charge < -0.3 is 10.2 Å². The fourth-order valence-corrected chi connectivity index (χ4v) is 4.65. The molecule has 3 rings (SSSR count). The van der Waals surface area contributed by atoms with Crippen LogP contribution >= 0.6 is 0 Å². The quantitative estimate of drug-likeness (QED) is 0.736. The van der Waals surface area contributed by atoms with Gasteiger partial charge in [0, 0.05) is 32.7 Å². The lowest BCUT2D eigenvalue weighted by molar-refractivity contribution is 0.172. The molecule has 29 heavy (non-hydrogen) atoms. The number of aryl methyl sites for hydroxylation is 1. The summed E-state index contributed by atoms with van der Waals surface area (Å²) in [4.78, 5) is 14.1. The molecule has 0 aliphatic carbocycles. The molecule has 0 radical (unpaired) electrons. The summed E-state index contributed by atoms with van der Waals surface area (Å²) in [5, 5.41) is 11.8. The Bertz CT molecular complexity index is 961. The number of nitrogens with zero attached hydrogens (tertiary/aromatic N) is 3. The van der Waals surface area contributed by atoms with E-state index >= 15 is 0 Å². The van der Waals surface area contributed by atoms with E-state index < -0.39 is 10.0 Å². The molecule has 0 saturated carbocycles. The summed E-state index contributed by atoms with van der Waals surface area (Å²) >= 11 is 0. The highest BCUT2D eigenvalue weighted by Gasteiger charge is 2.29. The van der Waals surface area contributed by atoms with E-state index in [0.29, 0.717) is 25.2 Å². The van der Waals surface area contributed by atoms with Crippen LogP contribution in [-0.4, -0.2) is 56.4 Å². The van der Waals surface area contributed by atoms with Crippen molar-refractivity contribution in [1.82, 2.24) is 14.5 Å². The Morgan fingerprint density at radius 3 is 2.28 bits per heavy atom. The van der Waals surface area contributed by atoms with Crippen LogP contribution in [0.4, 0.5) is 4.79 Å². The van der Waals surface area contributed by atoms with Gasteiger partial charge in [-0.2, -0.15) is 9.57 Å². The smallest absolute Gasteiger partial charge is 0.317 e. The van der Waals surface area contributed by atoms with E-state index in [1.807, 2.05) is 24.3 Å². The van der Waals surface area contributed by atoms with Gasteiger partial charge in [-0.3, -0.25) is 0 Å². The van der Waals surface area contributed by atoms with E-state index in [1.165, 1.54) is 34.1 Å². The molecule has 8 heteroatoms. The topological polar surface area (TPSA) is 93.5 Å². The number of piperazine rings is 1. The van der Waals surface area contributed by atoms with Crippen molar-refractivity contribution in [2.45, 2.75) is 17.7 Å². The molecule has 1 saturated heterocycles. The zero-order valence-electron chi connectivity index (χ0n) is 16.1. The highest BCUT2D eigenvalue weighted by Crippen LogP contribution is 2.18. The molecule has 152 valence electrons. The molecule has 1 heterocycles. The van der Waals surface area contributed by atoms with E-state index in [9.17, 15) is 13.2 Å². The molecule has 1 aliphatic rings. The molecule has 0 atom stereocenters. The molecule has 2 aromatic carbocycles. The SMILES string of the molecule is N#Cc1ccc(S(=O)(=O)N2CCN(C(=O)NCCCc3ccccc3)CC2)cc1. The van der Waals surface area contributed by atoms with Crippen LogP contribution in [0.15, 0.2) is 59.5 Å². The lowest BCUT2D eigenvalue weighted by atomic mass is 10.1. The van der Waals surface area contributed by atoms with Crippen molar-refractivity contribution in [1.29, 1.82) is 5.26 Å². The van der Waals surface area contributed by atoms with Crippen molar-refractivity contribution in [3.63, 3.8) is 0 Å². The predicted molar refractivity (Wildman–Crippen MR) is 110 cm³/mol. The maximum absolute atomic E-state index is 12.7. The molecule has 0 spiro atoms. The van der Waals surface area contributed by atoms with Gasteiger partial charge in [-0.1, -0.05) is 30.3 Å². The number of carbonyl (C=O) groups excluding carboxylic acids is 1. The van der Waals surface area contributed by atoms with E-state index in [-0.39, 0.29) is 24.0 Å². The third-order valence-electron chi connectivity index (χ3n) is 4.91. The summed E-state index contributed by atoms with van der Waals surface area (Å²) in [6, 6.07) is 17.8. The standard InChI is InChI=1S/C21H24N4O3S/c22-17-19-8-10-20(11-9-19)29(27,28)25-15-13-24(14-16-25)21(26)23-12-4-7-18-5-2-1-3-6-18/h1-3,5-6,8-11H,4,7,12-16H2,(H,23,26). The van der Waals surface area contributed by atoms with Crippen LogP contribution < -0.4 is 5.32 Å². The Morgan fingerprint density at radius 1 is 1.00 bits per heavy atom. The number of nitrogens with one attached hydrogen (secondary N) is 1. The Morgan fingerprint density at radius 2 is 1.66 bits per heavy atom. The zero-order chi connectivity index (χ0) is 20.7. The summed E-state index contributed by atoms with van der Waals surface area (Å²) in [5.41, 5.74) is 1.65. The number of hydrogen-bond donors (Lipinski definition) is 1. The normalized spacial score (nSPS) is 14.9. The highest BCUT2D eigenvalue weighted by molar-refractivity contribution is 7.89. The van der Waals surface area contributed by atoms with Crippen LogP contribution in [0.25, 0.3) is 0 Å². The molecule has 2 amide bonds. The lowest BCUT2D eigenvalue weighted by Gasteiger charge is -2.34. The van der Waals surface area contributed by atoms with Crippen molar-refractivity contribution in [2.24, 2.45) is 0 Å². The second kappa shape index (κ2) is 9.54. The molecule has 0 aromatic heterocycles. The largest absolute Gasteiger partial charge is 0.338 e. The Balaban J connectivity index is 1.45. The predicted octanol–water partition coefficient (Wildman–Crippen LogP) is 2.21. The number of hydrogen-bond acceptors (Lipinski definition) is 4. The monoisotopic (exact) mass is 412 g/mol. The first-order valence-electron chi connectivity index (χ1n) is 9.58. The van der Waals surface area contributed by atoms with Crippen molar-refractivity contribution in [2.75, 3.05) is 32.7 Å². The number of nitriles is 1. The van der Waals surface area contributed by atoms with E-state index in [0.717, 1.165) is 12.8 Å². The first kappa shape index (κ1) is 20.8. The van der Waals surface area contributed by atoms with Gasteiger partial charge in [0.1, 0.15) is 0 Å². The second-order valence-corrected chi connectivity index (χ2v) is 8.79. The van der Waals surface area contributed by atoms with Crippen LogP contribution in [0, 0.1) is 11.3 Å². The van der Waals surface area contributed by atoms with Crippen LogP contribution in [0.2, 0.25) is 0 Å². The maximum atomic E-state index is 12.7. The lowest BCUT2D eigenvalue weighted by Crippen LogP contribution is -2.53. The van der Waals surface area contributed by atoms with Crippen LogP contribution in [0.5, 0.6) is 0 Å². The van der Waals surface area contributed by atoms with E-state index in [4.69, 9.17) is 5.26 Å². The average molecular weight is 413 g/mol. The summed E-state index contributed by atoms with van der Waals surface area (Å²) in [7, 11) is -3.62. The van der Waals surface area contributed by atoms with Crippen LogP contribution in [-0.2, 0) is 16.4 Å². The van der Waals surface area contributed by atoms with E-state index in [2.05, 4.69) is 17.4 Å². The summed E-state index contributed by atoms with van der Waals surface area (Å²) in [6.45, 7) is 1.77. The number of carbonyl (C=O) groups is 1. The maximum Gasteiger partial charge on any atom is 0.317 e. The van der Waals surface area contributed by atoms with Gasteiger partial charge in [0.25, 0.3) is 0 Å². The summed E-state index contributed by atoms with van der Waals surface area (Å²) < 4.78 is 26.8. The van der Waals surface area contributed by atoms with Crippen molar-refractivity contribution in [3.05, 3.63) is 65.7 Å². The Kier molecular flexibility index (Phi) is 6.86. The van der Waals surface area contributed by atoms with Gasteiger partial charge in [-0.25, -0.2) is 13.2 Å². The number of rotatable bonds is 6. The van der Waals surface area contributed by atoms with Crippen molar-refractivity contribution in [3.8, 4) is 6.07 Å². The van der Waals surface area contributed by atoms with Gasteiger partial charge in [-0.05, 0) is 42.7 Å². The van der Waals surface area contributed by atoms with Gasteiger partial charge in [-0.15, -0.1) is 0 Å². The molecule has 2 aromatic rings. The van der Waals surface area contributed by atoms with Gasteiger partial charge >= 0.3 is 6.03 Å². The first-order chi connectivity index (χ1) is 14.0. The van der Waals surface area contributed by atoms with Crippen molar-refractivity contribution >= 4 is 16.1 Å². The first-order valence-corrected chi connectivity index (χ1v) is 11.0. The zero-order valence-corrected chi connectivity index (χ0v) is 16.9. The van der Waals surface area contributed by atoms with Crippen molar-refractivity contribution < 1.29 is 13.2 Å². The molecule has 1 aliphatic heterocycles. The molecule has 1 N–H and O–H groups in total. The molecule has 0 bridgehead atoms. The highest BCUT2D eigenvalue weighted by atomic mass is 32.2. The minimum atomic E-state index is -3.62. The molecule has 0 unspecified atom stereocenters. The van der Waals surface area contributed by atoms with Gasteiger partial charge in [0.15, 0.2) is 0 Å². The molecule has 7 nitrogen and oxygen atoms in total. The van der Waals surface area contributed by atoms with Crippen LogP contribution in [0.1, 0.15) is 17.5 Å². The minimum absolute atomic E-state index is 0.159. The number of benzene rings is 2. The summed E-state index contributed by atoms with van der Waals surface area (Å²) in [5.74, 6) is 0. The number of sulfonamides is 1. The third kappa shape index (κ3) is 5.34. The third-order valence-corrected chi connectivity index (χ3v) is 6.82. The van der Waals surface area contributed by atoms with Gasteiger partial charge in [0.2, 0.25) is 10.0 Å². The number of amides is 2. The Hall–Kier alpha value is -2.89. The molecule has 1 fully saturated rings. The van der Waals surface area contributed by atoms with Crippen LogP contribution in [0.3, 0.4) is 0 Å². The Labute approximate surface area is 171 Å². The fraction of sp³-hybridized carbons (Fsp3) is 0.333. The van der Waals surface area contributed by atoms with E-state index in [1.54, 1.807) is 4.90 Å². The minimum Gasteiger partial charge on any atom is -0.338 e. The summed E-state index contributed by atoms with van der Waals surface area (Å²) in [6.07, 6.45) is 1.75. The molecular weight excluding hydrogens is 388 g/mol. The fourth-order valence-electron chi connectivity index (χ4n) is 3.23.